The third-order valence-corrected chi connectivity index (χ3v) is 5.37. The lowest BCUT2D eigenvalue weighted by atomic mass is 9.65. The molecule has 2 saturated heterocycles. The molecule has 0 aromatic rings. The van der Waals surface area contributed by atoms with Gasteiger partial charge in [0.2, 0.25) is 0 Å². The van der Waals surface area contributed by atoms with Crippen LogP contribution in [-0.4, -0.2) is 22.8 Å². The molecule has 94 valence electrons. The molecule has 1 saturated carbocycles. The first-order valence-corrected chi connectivity index (χ1v) is 6.97. The third kappa shape index (κ3) is 1.62. The van der Waals surface area contributed by atoms with Crippen molar-refractivity contribution in [2.24, 2.45) is 11.3 Å². The smallest absolute Gasteiger partial charge is 0.0864 e. The van der Waals surface area contributed by atoms with E-state index in [2.05, 4.69) is 18.3 Å². The molecule has 2 aliphatic heterocycles. The first-order valence-electron chi connectivity index (χ1n) is 6.97. The van der Waals surface area contributed by atoms with Gasteiger partial charge in [0.1, 0.15) is 0 Å². The molecule has 3 heteroatoms. The molecule has 0 amide bonds. The Bertz CT molecular complexity index is 350. The highest BCUT2D eigenvalue weighted by Crippen LogP contribution is 2.54. The maximum atomic E-state index is 11.1. The number of hydrogen-bond acceptors (Lipinski definition) is 3. The molecule has 2 N–H and O–H groups in total. The highest BCUT2D eigenvalue weighted by atomic mass is 16.3. The second-order valence-corrected chi connectivity index (χ2v) is 6.62. The van der Waals surface area contributed by atoms with E-state index in [1.54, 1.807) is 0 Å². The molecule has 3 aliphatic rings. The van der Waals surface area contributed by atoms with E-state index in [-0.39, 0.29) is 0 Å². The number of nitriles is 1. The van der Waals surface area contributed by atoms with Crippen molar-refractivity contribution < 1.29 is 5.11 Å². The summed E-state index contributed by atoms with van der Waals surface area (Å²) >= 11 is 0. The van der Waals surface area contributed by atoms with Crippen LogP contribution in [0.15, 0.2) is 0 Å². The number of nitrogens with one attached hydrogen (secondary N) is 1. The minimum atomic E-state index is -0.733. The van der Waals surface area contributed by atoms with Crippen LogP contribution in [0.4, 0.5) is 0 Å². The fraction of sp³-hybridized carbons (Fsp3) is 0.929. The zero-order valence-electron chi connectivity index (χ0n) is 10.6. The Labute approximate surface area is 103 Å². The van der Waals surface area contributed by atoms with Gasteiger partial charge in [0.15, 0.2) is 0 Å². The van der Waals surface area contributed by atoms with Gasteiger partial charge in [-0.05, 0) is 50.9 Å². The van der Waals surface area contributed by atoms with Crippen LogP contribution in [0, 0.1) is 22.7 Å². The first kappa shape index (κ1) is 11.5. The highest BCUT2D eigenvalue weighted by Gasteiger charge is 2.57. The minimum Gasteiger partial charge on any atom is -0.388 e. The second kappa shape index (κ2) is 3.70. The summed E-state index contributed by atoms with van der Waals surface area (Å²) in [6, 6.07) is 3.40. The summed E-state index contributed by atoms with van der Waals surface area (Å²) in [5.74, 6) is 0.589. The third-order valence-electron chi connectivity index (χ3n) is 5.37. The van der Waals surface area contributed by atoms with Crippen LogP contribution in [0.2, 0.25) is 0 Å². The molecule has 0 aromatic heterocycles. The summed E-state index contributed by atoms with van der Waals surface area (Å²) < 4.78 is 0. The quantitative estimate of drug-likeness (QED) is 0.729. The summed E-state index contributed by atoms with van der Waals surface area (Å²) in [6.07, 6.45) is 6.78. The number of fused-ring (bicyclic) bond motifs is 2. The molecule has 0 radical (unpaired) electrons. The van der Waals surface area contributed by atoms with Gasteiger partial charge in [-0.25, -0.2) is 0 Å². The maximum Gasteiger partial charge on any atom is 0.0864 e. The molecule has 2 heterocycles. The van der Waals surface area contributed by atoms with Gasteiger partial charge in [-0.15, -0.1) is 0 Å². The van der Waals surface area contributed by atoms with E-state index in [4.69, 9.17) is 0 Å². The largest absolute Gasteiger partial charge is 0.388 e. The van der Waals surface area contributed by atoms with Crippen molar-refractivity contribution in [1.29, 1.82) is 5.26 Å². The number of hydrogen-bond donors (Lipinski definition) is 2. The molecule has 2 bridgehead atoms. The summed E-state index contributed by atoms with van der Waals surface area (Å²) in [6.45, 7) is 2.21. The van der Waals surface area contributed by atoms with Crippen molar-refractivity contribution in [3.05, 3.63) is 0 Å². The lowest BCUT2D eigenvalue weighted by Gasteiger charge is -2.46. The topological polar surface area (TPSA) is 56.0 Å². The van der Waals surface area contributed by atoms with Crippen molar-refractivity contribution >= 4 is 0 Å². The van der Waals surface area contributed by atoms with Crippen molar-refractivity contribution in [3.8, 4) is 6.07 Å². The Hall–Kier alpha value is -0.590. The molecule has 17 heavy (non-hydrogen) atoms. The molecule has 0 spiro atoms. The first-order chi connectivity index (χ1) is 8.07. The summed E-state index contributed by atoms with van der Waals surface area (Å²) in [4.78, 5) is 0. The predicted molar refractivity (Wildman–Crippen MR) is 65.2 cm³/mol. The van der Waals surface area contributed by atoms with Gasteiger partial charge >= 0.3 is 0 Å². The van der Waals surface area contributed by atoms with E-state index >= 15 is 0 Å². The average Bonchev–Trinajstić information content (AvgIpc) is 2.84. The SMILES string of the molecule is CC1CCC(C#N)(C2(O)CC3CCC(C2)N3)C1. The summed E-state index contributed by atoms with van der Waals surface area (Å²) in [5, 5.41) is 24.2. The van der Waals surface area contributed by atoms with Gasteiger partial charge in [-0.3, -0.25) is 0 Å². The predicted octanol–water partition coefficient (Wildman–Crippen LogP) is 1.96. The molecule has 1 aliphatic carbocycles. The summed E-state index contributed by atoms with van der Waals surface area (Å²) in [5.41, 5.74) is -1.20. The van der Waals surface area contributed by atoms with Crippen molar-refractivity contribution in [1.82, 2.24) is 5.32 Å². The van der Waals surface area contributed by atoms with Crippen LogP contribution >= 0.6 is 0 Å². The summed E-state index contributed by atoms with van der Waals surface area (Å²) in [7, 11) is 0. The normalized spacial score (nSPS) is 53.6. The number of rotatable bonds is 1. The Morgan fingerprint density at radius 1 is 1.18 bits per heavy atom. The van der Waals surface area contributed by atoms with E-state index in [0.717, 1.165) is 32.1 Å². The molecule has 3 rings (SSSR count). The van der Waals surface area contributed by atoms with Gasteiger partial charge < -0.3 is 10.4 Å². The Kier molecular flexibility index (Phi) is 2.50. The van der Waals surface area contributed by atoms with Crippen LogP contribution in [0.3, 0.4) is 0 Å². The number of aliphatic hydroxyl groups is 1. The minimum absolute atomic E-state index is 0.444. The standard InChI is InChI=1S/C14H22N2O/c1-10-4-5-13(6-10,9-15)14(17)7-11-2-3-12(8-14)16-11/h10-12,16-17H,2-8H2,1H3. The fourth-order valence-corrected chi connectivity index (χ4v) is 4.43. The van der Waals surface area contributed by atoms with E-state index < -0.39 is 11.0 Å². The molecule has 3 nitrogen and oxygen atoms in total. The van der Waals surface area contributed by atoms with E-state index in [1.807, 2.05) is 0 Å². The molecule has 4 unspecified atom stereocenters. The molecule has 0 aromatic carbocycles. The zero-order valence-corrected chi connectivity index (χ0v) is 10.6. The van der Waals surface area contributed by atoms with Crippen LogP contribution < -0.4 is 5.32 Å². The van der Waals surface area contributed by atoms with Crippen LogP contribution in [-0.2, 0) is 0 Å². The molecule has 4 atom stereocenters. The second-order valence-electron chi connectivity index (χ2n) is 6.62. The van der Waals surface area contributed by atoms with Gasteiger partial charge in [0.25, 0.3) is 0 Å². The number of nitrogens with zero attached hydrogens (tertiary/aromatic N) is 1. The number of piperidine rings is 1. The monoisotopic (exact) mass is 234 g/mol. The Morgan fingerprint density at radius 3 is 2.29 bits per heavy atom. The van der Waals surface area contributed by atoms with Gasteiger partial charge in [0.05, 0.1) is 17.1 Å². The maximum absolute atomic E-state index is 11.1. The lowest BCUT2D eigenvalue weighted by Crippen LogP contribution is -2.56. The van der Waals surface area contributed by atoms with Gasteiger partial charge in [-0.1, -0.05) is 6.92 Å². The van der Waals surface area contributed by atoms with Gasteiger partial charge in [0, 0.05) is 12.1 Å². The molecular weight excluding hydrogens is 212 g/mol. The van der Waals surface area contributed by atoms with Crippen LogP contribution in [0.25, 0.3) is 0 Å². The van der Waals surface area contributed by atoms with E-state index in [1.165, 1.54) is 12.8 Å². The highest BCUT2D eigenvalue weighted by molar-refractivity contribution is 5.18. The average molecular weight is 234 g/mol. The van der Waals surface area contributed by atoms with Crippen LogP contribution in [0.1, 0.15) is 51.9 Å². The molecular formula is C14H22N2O. The lowest BCUT2D eigenvalue weighted by molar-refractivity contribution is -0.0885. The van der Waals surface area contributed by atoms with E-state index in [9.17, 15) is 10.4 Å². The van der Waals surface area contributed by atoms with Crippen LogP contribution in [0.5, 0.6) is 0 Å². The Balaban J connectivity index is 1.89. The molecule has 3 fully saturated rings. The van der Waals surface area contributed by atoms with Crippen molar-refractivity contribution in [2.45, 2.75) is 69.6 Å². The van der Waals surface area contributed by atoms with Crippen molar-refractivity contribution in [2.75, 3.05) is 0 Å². The zero-order chi connectivity index (χ0) is 12.1. The van der Waals surface area contributed by atoms with E-state index in [0.29, 0.717) is 18.0 Å². The van der Waals surface area contributed by atoms with Gasteiger partial charge in [-0.2, -0.15) is 5.26 Å². The van der Waals surface area contributed by atoms with Crippen molar-refractivity contribution in [3.63, 3.8) is 0 Å². The Morgan fingerprint density at radius 2 is 1.82 bits per heavy atom. The fourth-order valence-electron chi connectivity index (χ4n) is 4.43.